The number of hydrogen-bond acceptors (Lipinski definition) is 4. The molecule has 0 atom stereocenters. The molecule has 154 valence electrons. The van der Waals surface area contributed by atoms with Crippen LogP contribution in [-0.2, 0) is 4.79 Å². The van der Waals surface area contributed by atoms with Crippen molar-refractivity contribution in [3.63, 3.8) is 0 Å². The lowest BCUT2D eigenvalue weighted by molar-refractivity contribution is -0.114. The summed E-state index contributed by atoms with van der Waals surface area (Å²) >= 11 is 0. The molecule has 1 aliphatic heterocycles. The first-order valence-corrected chi connectivity index (χ1v) is 10.1. The van der Waals surface area contributed by atoms with Gasteiger partial charge in [0.05, 0.1) is 12.2 Å². The monoisotopic (exact) mass is 405 g/mol. The summed E-state index contributed by atoms with van der Waals surface area (Å²) in [5, 5.41) is 5.98. The Morgan fingerprint density at radius 3 is 2.50 bits per heavy atom. The number of para-hydroxylation sites is 2. The number of anilines is 3. The molecular weight excluding hydrogens is 381 g/mol. The summed E-state index contributed by atoms with van der Waals surface area (Å²) in [6.45, 7) is 2.26. The number of amides is 1. The Labute approximate surface area is 175 Å². The van der Waals surface area contributed by atoms with E-state index < -0.39 is 0 Å². The minimum atomic E-state index is -0.368. The van der Waals surface area contributed by atoms with Gasteiger partial charge in [0.2, 0.25) is 5.91 Å². The average molecular weight is 405 g/mol. The van der Waals surface area contributed by atoms with Crippen LogP contribution in [0.25, 0.3) is 0 Å². The van der Waals surface area contributed by atoms with Crippen LogP contribution < -0.4 is 20.3 Å². The van der Waals surface area contributed by atoms with Crippen LogP contribution in [0, 0.1) is 5.82 Å². The zero-order valence-corrected chi connectivity index (χ0v) is 16.6. The molecule has 3 aromatic rings. The van der Waals surface area contributed by atoms with Crippen LogP contribution in [0.1, 0.15) is 12.8 Å². The van der Waals surface area contributed by atoms with Crippen LogP contribution >= 0.6 is 0 Å². The van der Waals surface area contributed by atoms with Gasteiger partial charge in [-0.2, -0.15) is 0 Å². The van der Waals surface area contributed by atoms with Crippen molar-refractivity contribution in [2.24, 2.45) is 0 Å². The maximum atomic E-state index is 13.4. The number of rotatable bonds is 7. The standard InChI is InChI=1S/C24H24FN3O2/c25-18-6-5-7-21(16-18)30-23-9-2-1-8-22(23)26-17-24(29)27-19-10-12-20(13-11-19)28-14-3-4-15-28/h1-2,5-13,16,26H,3-4,14-15,17H2,(H,27,29). The summed E-state index contributed by atoms with van der Waals surface area (Å²) in [4.78, 5) is 14.7. The average Bonchev–Trinajstić information content (AvgIpc) is 3.29. The van der Waals surface area contributed by atoms with Crippen LogP contribution in [0.4, 0.5) is 21.5 Å². The lowest BCUT2D eigenvalue weighted by atomic mass is 10.2. The zero-order valence-electron chi connectivity index (χ0n) is 16.6. The number of benzene rings is 3. The minimum absolute atomic E-state index is 0.0808. The van der Waals surface area contributed by atoms with Gasteiger partial charge in [-0.15, -0.1) is 0 Å². The molecule has 1 fully saturated rings. The molecule has 30 heavy (non-hydrogen) atoms. The molecule has 3 aromatic carbocycles. The summed E-state index contributed by atoms with van der Waals surface area (Å²) in [5.41, 5.74) is 2.60. The van der Waals surface area contributed by atoms with E-state index >= 15 is 0 Å². The SMILES string of the molecule is O=C(CNc1ccccc1Oc1cccc(F)c1)Nc1ccc(N2CCCC2)cc1. The molecule has 0 aromatic heterocycles. The van der Waals surface area contributed by atoms with Crippen molar-refractivity contribution in [3.8, 4) is 11.5 Å². The van der Waals surface area contributed by atoms with E-state index in [1.165, 1.54) is 30.7 Å². The fourth-order valence-corrected chi connectivity index (χ4v) is 3.47. The predicted octanol–water partition coefficient (Wildman–Crippen LogP) is 5.27. The molecule has 1 heterocycles. The van der Waals surface area contributed by atoms with E-state index in [9.17, 15) is 9.18 Å². The van der Waals surface area contributed by atoms with Crippen molar-refractivity contribution in [1.29, 1.82) is 0 Å². The number of carbonyl (C=O) groups is 1. The van der Waals surface area contributed by atoms with E-state index in [0.29, 0.717) is 17.2 Å². The quantitative estimate of drug-likeness (QED) is 0.562. The van der Waals surface area contributed by atoms with Gasteiger partial charge in [-0.1, -0.05) is 18.2 Å². The lowest BCUT2D eigenvalue weighted by Gasteiger charge is -2.18. The van der Waals surface area contributed by atoms with Crippen molar-refractivity contribution >= 4 is 23.0 Å². The highest BCUT2D eigenvalue weighted by Crippen LogP contribution is 2.29. The molecule has 1 saturated heterocycles. The summed E-state index contributed by atoms with van der Waals surface area (Å²) in [7, 11) is 0. The van der Waals surface area contributed by atoms with Gasteiger partial charge in [-0.05, 0) is 61.4 Å². The summed E-state index contributed by atoms with van der Waals surface area (Å²) in [6, 6.07) is 21.1. The molecule has 5 nitrogen and oxygen atoms in total. The minimum Gasteiger partial charge on any atom is -0.455 e. The first kappa shape index (κ1) is 19.8. The molecule has 0 spiro atoms. The first-order chi connectivity index (χ1) is 14.7. The normalized spacial score (nSPS) is 13.2. The first-order valence-electron chi connectivity index (χ1n) is 10.1. The van der Waals surface area contributed by atoms with Crippen LogP contribution in [0.3, 0.4) is 0 Å². The van der Waals surface area contributed by atoms with Gasteiger partial charge in [-0.25, -0.2) is 4.39 Å². The van der Waals surface area contributed by atoms with Gasteiger partial charge >= 0.3 is 0 Å². The van der Waals surface area contributed by atoms with Gasteiger partial charge in [0, 0.05) is 30.5 Å². The molecule has 0 radical (unpaired) electrons. The highest BCUT2D eigenvalue weighted by Gasteiger charge is 2.12. The van der Waals surface area contributed by atoms with E-state index in [1.807, 2.05) is 42.5 Å². The Morgan fingerprint density at radius 2 is 1.73 bits per heavy atom. The maximum Gasteiger partial charge on any atom is 0.243 e. The maximum absolute atomic E-state index is 13.4. The van der Waals surface area contributed by atoms with Gasteiger partial charge in [0.1, 0.15) is 11.6 Å². The third kappa shape index (κ3) is 5.08. The fourth-order valence-electron chi connectivity index (χ4n) is 3.47. The molecule has 0 bridgehead atoms. The highest BCUT2D eigenvalue weighted by molar-refractivity contribution is 5.94. The van der Waals surface area contributed by atoms with Crippen molar-refractivity contribution in [3.05, 3.63) is 78.6 Å². The highest BCUT2D eigenvalue weighted by atomic mass is 19.1. The van der Waals surface area contributed by atoms with Crippen molar-refractivity contribution in [2.45, 2.75) is 12.8 Å². The van der Waals surface area contributed by atoms with E-state index in [-0.39, 0.29) is 18.3 Å². The molecule has 2 N–H and O–H groups in total. The van der Waals surface area contributed by atoms with Crippen LogP contribution in [0.2, 0.25) is 0 Å². The number of nitrogens with one attached hydrogen (secondary N) is 2. The van der Waals surface area contributed by atoms with Gasteiger partial charge in [0.15, 0.2) is 5.75 Å². The molecule has 1 aliphatic rings. The van der Waals surface area contributed by atoms with Crippen molar-refractivity contribution < 1.29 is 13.9 Å². The zero-order chi connectivity index (χ0) is 20.8. The number of carbonyl (C=O) groups excluding carboxylic acids is 1. The predicted molar refractivity (Wildman–Crippen MR) is 118 cm³/mol. The third-order valence-electron chi connectivity index (χ3n) is 4.97. The van der Waals surface area contributed by atoms with Gasteiger partial charge in [0.25, 0.3) is 0 Å². The van der Waals surface area contributed by atoms with E-state index in [1.54, 1.807) is 18.2 Å². The number of halogens is 1. The number of ether oxygens (including phenoxy) is 1. The second-order valence-corrected chi connectivity index (χ2v) is 7.20. The number of nitrogens with zero attached hydrogens (tertiary/aromatic N) is 1. The molecule has 6 heteroatoms. The Bertz CT molecular complexity index is 1000. The van der Waals surface area contributed by atoms with E-state index in [2.05, 4.69) is 15.5 Å². The Balaban J connectivity index is 1.33. The van der Waals surface area contributed by atoms with E-state index in [0.717, 1.165) is 18.8 Å². The number of hydrogen-bond donors (Lipinski definition) is 2. The molecule has 0 unspecified atom stereocenters. The Hall–Kier alpha value is -3.54. The van der Waals surface area contributed by atoms with Crippen molar-refractivity contribution in [1.82, 2.24) is 0 Å². The lowest BCUT2D eigenvalue weighted by Crippen LogP contribution is -2.22. The van der Waals surface area contributed by atoms with Crippen LogP contribution in [0.5, 0.6) is 11.5 Å². The molecule has 4 rings (SSSR count). The summed E-state index contributed by atoms with van der Waals surface area (Å²) < 4.78 is 19.2. The van der Waals surface area contributed by atoms with Crippen molar-refractivity contribution in [2.75, 3.05) is 35.2 Å². The molecule has 0 aliphatic carbocycles. The van der Waals surface area contributed by atoms with Crippen LogP contribution in [-0.4, -0.2) is 25.5 Å². The topological polar surface area (TPSA) is 53.6 Å². The second kappa shape index (κ2) is 9.31. The second-order valence-electron chi connectivity index (χ2n) is 7.20. The Kier molecular flexibility index (Phi) is 6.13. The summed E-state index contributed by atoms with van der Waals surface area (Å²) in [5.74, 6) is 0.384. The molecule has 1 amide bonds. The fraction of sp³-hybridized carbons (Fsp3) is 0.208. The van der Waals surface area contributed by atoms with Gasteiger partial charge < -0.3 is 20.3 Å². The van der Waals surface area contributed by atoms with E-state index in [4.69, 9.17) is 4.74 Å². The molecular formula is C24H24FN3O2. The summed E-state index contributed by atoms with van der Waals surface area (Å²) in [6.07, 6.45) is 2.46. The largest absolute Gasteiger partial charge is 0.455 e. The van der Waals surface area contributed by atoms with Crippen LogP contribution in [0.15, 0.2) is 72.8 Å². The third-order valence-corrected chi connectivity index (χ3v) is 4.97. The van der Waals surface area contributed by atoms with Gasteiger partial charge in [-0.3, -0.25) is 4.79 Å². The molecule has 0 saturated carbocycles. The smallest absolute Gasteiger partial charge is 0.243 e. The Morgan fingerprint density at radius 1 is 0.967 bits per heavy atom.